The van der Waals surface area contributed by atoms with Crippen LogP contribution in [-0.2, 0) is 4.79 Å². The first-order chi connectivity index (χ1) is 17.0. The second kappa shape index (κ2) is 10.00. The average molecular weight is 522 g/mol. The summed E-state index contributed by atoms with van der Waals surface area (Å²) in [5.74, 6) is -0.0892. The third-order valence-electron chi connectivity index (χ3n) is 5.16. The summed E-state index contributed by atoms with van der Waals surface area (Å²) in [5.41, 5.74) is 2.24. The van der Waals surface area contributed by atoms with E-state index in [1.807, 2.05) is 34.9 Å². The summed E-state index contributed by atoms with van der Waals surface area (Å²) in [7, 11) is 0. The summed E-state index contributed by atoms with van der Waals surface area (Å²) in [6.45, 7) is 0. The molecule has 2 aromatic heterocycles. The average Bonchev–Trinajstić information content (AvgIpc) is 3.28. The molecule has 5 rings (SSSR count). The van der Waals surface area contributed by atoms with Crippen LogP contribution in [0, 0.1) is 0 Å². The number of carbonyl (C=O) groups excluding carboxylic acids is 1. The Kier molecular flexibility index (Phi) is 6.63. The van der Waals surface area contributed by atoms with Gasteiger partial charge in [-0.3, -0.25) is 9.36 Å². The maximum Gasteiger partial charge on any atom is 0.345 e. The van der Waals surface area contributed by atoms with Crippen LogP contribution in [0.1, 0.15) is 0 Å². The molecule has 3 aromatic carbocycles. The minimum absolute atomic E-state index is 0.110. The highest BCUT2D eigenvalue weighted by molar-refractivity contribution is 7.99. The molecule has 0 aliphatic rings. The number of anilines is 1. The van der Waals surface area contributed by atoms with E-state index in [0.29, 0.717) is 37.7 Å². The van der Waals surface area contributed by atoms with Crippen LogP contribution in [-0.4, -0.2) is 21.2 Å². The summed E-state index contributed by atoms with van der Waals surface area (Å²) in [6, 6.07) is 23.2. The molecule has 174 valence electrons. The van der Waals surface area contributed by atoms with Gasteiger partial charge in [0.05, 0.1) is 17.0 Å². The normalized spacial score (nSPS) is 11.0. The highest BCUT2D eigenvalue weighted by atomic mass is 35.5. The molecule has 0 spiro atoms. The zero-order chi connectivity index (χ0) is 24.4. The molecule has 0 radical (unpaired) electrons. The summed E-state index contributed by atoms with van der Waals surface area (Å²) in [5, 5.41) is 5.36. The Morgan fingerprint density at radius 1 is 0.971 bits per heavy atom. The van der Waals surface area contributed by atoms with E-state index in [-0.39, 0.29) is 11.7 Å². The van der Waals surface area contributed by atoms with Gasteiger partial charge < -0.3 is 9.73 Å². The Bertz CT molecular complexity index is 1580. The molecule has 0 unspecified atom stereocenters. The minimum atomic E-state index is -0.485. The van der Waals surface area contributed by atoms with Gasteiger partial charge in [-0.15, -0.1) is 0 Å². The largest absolute Gasteiger partial charge is 0.422 e. The number of nitrogens with zero attached hydrogens (tertiary/aromatic N) is 2. The number of amides is 1. The molecule has 9 heteroatoms. The molecule has 6 nitrogen and oxygen atoms in total. The molecule has 0 aliphatic heterocycles. The van der Waals surface area contributed by atoms with Gasteiger partial charge in [-0.2, -0.15) is 0 Å². The van der Waals surface area contributed by atoms with Gasteiger partial charge in [0.2, 0.25) is 5.91 Å². The van der Waals surface area contributed by atoms with Crippen molar-refractivity contribution in [2.45, 2.75) is 5.16 Å². The second-order valence-electron chi connectivity index (χ2n) is 7.58. The van der Waals surface area contributed by atoms with Crippen molar-refractivity contribution in [2.24, 2.45) is 0 Å². The highest BCUT2D eigenvalue weighted by Gasteiger charge is 2.17. The lowest BCUT2D eigenvalue weighted by atomic mass is 10.1. The Morgan fingerprint density at radius 2 is 1.66 bits per heavy atom. The maximum absolute atomic E-state index is 12.7. The van der Waals surface area contributed by atoms with Crippen molar-refractivity contribution >= 4 is 57.5 Å². The van der Waals surface area contributed by atoms with Gasteiger partial charge in [0.25, 0.3) is 0 Å². The zero-order valence-corrected chi connectivity index (χ0v) is 20.4. The van der Waals surface area contributed by atoms with Crippen LogP contribution in [0.25, 0.3) is 27.9 Å². The fourth-order valence-electron chi connectivity index (χ4n) is 3.48. The zero-order valence-electron chi connectivity index (χ0n) is 18.1. The monoisotopic (exact) mass is 521 g/mol. The van der Waals surface area contributed by atoms with Crippen molar-refractivity contribution in [3.8, 4) is 16.9 Å². The molecule has 35 heavy (non-hydrogen) atoms. The van der Waals surface area contributed by atoms with Crippen LogP contribution >= 0.6 is 35.0 Å². The van der Waals surface area contributed by atoms with Crippen molar-refractivity contribution in [3.63, 3.8) is 0 Å². The van der Waals surface area contributed by atoms with Crippen LogP contribution in [0.2, 0.25) is 10.0 Å². The minimum Gasteiger partial charge on any atom is -0.422 e. The molecule has 0 bridgehead atoms. The summed E-state index contributed by atoms with van der Waals surface area (Å²) in [4.78, 5) is 29.9. The Morgan fingerprint density at radius 3 is 2.40 bits per heavy atom. The van der Waals surface area contributed by atoms with Gasteiger partial charge in [-0.05, 0) is 60.7 Å². The third-order valence-corrected chi connectivity index (χ3v) is 6.61. The lowest BCUT2D eigenvalue weighted by Crippen LogP contribution is -2.14. The number of hydrogen-bond donors (Lipinski definition) is 1. The van der Waals surface area contributed by atoms with Gasteiger partial charge in [0, 0.05) is 33.0 Å². The number of fused-ring (bicyclic) bond motifs is 1. The second-order valence-corrected chi connectivity index (χ2v) is 9.40. The number of benzene rings is 3. The van der Waals surface area contributed by atoms with E-state index in [4.69, 9.17) is 27.6 Å². The van der Waals surface area contributed by atoms with E-state index < -0.39 is 5.63 Å². The number of para-hydroxylation sites is 1. The molecule has 0 aliphatic carbocycles. The van der Waals surface area contributed by atoms with Crippen LogP contribution in [0.5, 0.6) is 0 Å². The van der Waals surface area contributed by atoms with Crippen molar-refractivity contribution in [2.75, 3.05) is 11.1 Å². The predicted octanol–water partition coefficient (Wildman–Crippen LogP) is 6.68. The number of thioether (sulfide) groups is 1. The number of halogens is 2. The van der Waals surface area contributed by atoms with Gasteiger partial charge >= 0.3 is 5.63 Å². The van der Waals surface area contributed by atoms with Crippen molar-refractivity contribution in [1.29, 1.82) is 0 Å². The number of aromatic nitrogens is 2. The maximum atomic E-state index is 12.7. The first kappa shape index (κ1) is 23.2. The fraction of sp³-hybridized carbons (Fsp3) is 0.0385. The first-order valence-electron chi connectivity index (χ1n) is 10.5. The molecule has 0 saturated heterocycles. The van der Waals surface area contributed by atoms with E-state index in [1.165, 1.54) is 11.8 Å². The Labute approximate surface area is 214 Å². The summed E-state index contributed by atoms with van der Waals surface area (Å²) >= 11 is 13.2. The fourth-order valence-corrected chi connectivity index (χ4v) is 4.53. The van der Waals surface area contributed by atoms with E-state index in [9.17, 15) is 9.59 Å². The number of nitrogens with one attached hydrogen (secondary N) is 1. The first-order valence-corrected chi connectivity index (χ1v) is 12.3. The molecule has 2 heterocycles. The standard InChI is InChI=1S/C26H17Cl2N3O3S/c27-17-5-9-19(10-6-17)29-24(32)15-35-26-30-22(14-31(26)20-11-7-18(28)8-12-20)21-13-16-3-1-2-4-23(16)34-25(21)33/h1-14H,15H2,(H,29,32). The SMILES string of the molecule is O=C(CSc1nc(-c2cc3ccccc3oc2=O)cn1-c1ccc(Cl)cc1)Nc1ccc(Cl)cc1. The van der Waals surface area contributed by atoms with Gasteiger partial charge in [-0.25, -0.2) is 9.78 Å². The topological polar surface area (TPSA) is 77.1 Å². The van der Waals surface area contributed by atoms with Crippen molar-refractivity contribution in [1.82, 2.24) is 9.55 Å². The van der Waals surface area contributed by atoms with E-state index >= 15 is 0 Å². The number of rotatable bonds is 6. The number of imidazole rings is 1. The van der Waals surface area contributed by atoms with Gasteiger partial charge in [0.15, 0.2) is 5.16 Å². The Hall–Kier alpha value is -3.52. The number of carbonyl (C=O) groups is 1. The predicted molar refractivity (Wildman–Crippen MR) is 141 cm³/mol. The number of hydrogen-bond acceptors (Lipinski definition) is 5. The molecule has 0 fully saturated rings. The van der Waals surface area contributed by atoms with E-state index in [0.717, 1.165) is 11.1 Å². The molecule has 1 amide bonds. The van der Waals surface area contributed by atoms with Crippen LogP contribution in [0.15, 0.2) is 99.4 Å². The lowest BCUT2D eigenvalue weighted by molar-refractivity contribution is -0.113. The smallest absolute Gasteiger partial charge is 0.345 e. The van der Waals surface area contributed by atoms with Crippen molar-refractivity contribution in [3.05, 3.63) is 106 Å². The van der Waals surface area contributed by atoms with Crippen LogP contribution < -0.4 is 10.9 Å². The summed E-state index contributed by atoms with van der Waals surface area (Å²) < 4.78 is 7.31. The molecule has 0 saturated carbocycles. The molecular formula is C26H17Cl2N3O3S. The molecule has 0 atom stereocenters. The molecule has 5 aromatic rings. The van der Waals surface area contributed by atoms with Gasteiger partial charge in [-0.1, -0.05) is 53.2 Å². The quantitative estimate of drug-likeness (QED) is 0.199. The van der Waals surface area contributed by atoms with Gasteiger partial charge in [0.1, 0.15) is 5.58 Å². The van der Waals surface area contributed by atoms with Crippen LogP contribution in [0.4, 0.5) is 5.69 Å². The van der Waals surface area contributed by atoms with E-state index in [2.05, 4.69) is 10.3 Å². The van der Waals surface area contributed by atoms with Crippen molar-refractivity contribution < 1.29 is 9.21 Å². The highest BCUT2D eigenvalue weighted by Crippen LogP contribution is 2.28. The third kappa shape index (κ3) is 5.27. The summed E-state index contributed by atoms with van der Waals surface area (Å²) in [6.07, 6.45) is 1.75. The molecular weight excluding hydrogens is 505 g/mol. The lowest BCUT2D eigenvalue weighted by Gasteiger charge is -2.08. The molecule has 1 N–H and O–H groups in total. The van der Waals surface area contributed by atoms with E-state index in [1.54, 1.807) is 54.7 Å². The Balaban J connectivity index is 1.47. The van der Waals surface area contributed by atoms with Crippen LogP contribution in [0.3, 0.4) is 0 Å².